The lowest BCUT2D eigenvalue weighted by atomic mass is 9.93. The normalized spacial score (nSPS) is 38.5. The molecule has 3 atom stereocenters. The minimum absolute atomic E-state index is 0.681. The van der Waals surface area contributed by atoms with Gasteiger partial charge in [0.25, 0.3) is 0 Å². The van der Waals surface area contributed by atoms with Gasteiger partial charge in [-0.15, -0.1) is 0 Å². The van der Waals surface area contributed by atoms with Crippen LogP contribution in [0.4, 0.5) is 0 Å². The Labute approximate surface area is 83.4 Å². The lowest BCUT2D eigenvalue weighted by Crippen LogP contribution is -2.01. The molecule has 13 heavy (non-hydrogen) atoms. The number of allylic oxidation sites excluding steroid dienone is 2. The lowest BCUT2D eigenvalue weighted by molar-refractivity contribution is 0.420. The van der Waals surface area contributed by atoms with Crippen LogP contribution in [-0.2, 0) is 0 Å². The molecule has 1 saturated carbocycles. The molecule has 0 saturated heterocycles. The second-order valence-corrected chi connectivity index (χ2v) is 4.47. The first-order chi connectivity index (χ1) is 6.22. The predicted octanol–water partition coefficient (Wildman–Crippen LogP) is 4.42. The molecule has 0 aliphatic heterocycles. The summed E-state index contributed by atoms with van der Waals surface area (Å²) < 4.78 is 0. The van der Waals surface area contributed by atoms with Crippen LogP contribution < -0.4 is 0 Å². The van der Waals surface area contributed by atoms with Crippen LogP contribution in [-0.4, -0.2) is 0 Å². The highest BCUT2D eigenvalue weighted by atomic mass is 14.6. The van der Waals surface area contributed by atoms with Gasteiger partial charge in [-0.3, -0.25) is 0 Å². The average molecular weight is 180 g/mol. The Kier molecular flexibility index (Phi) is 3.58. The van der Waals surface area contributed by atoms with E-state index in [-0.39, 0.29) is 0 Å². The molecule has 0 bridgehead atoms. The van der Waals surface area contributed by atoms with Crippen molar-refractivity contribution in [2.45, 2.75) is 53.4 Å². The van der Waals surface area contributed by atoms with Crippen LogP contribution in [0.15, 0.2) is 12.2 Å². The van der Waals surface area contributed by atoms with E-state index in [2.05, 4.69) is 39.8 Å². The summed E-state index contributed by atoms with van der Waals surface area (Å²) in [5, 5.41) is 0. The second kappa shape index (κ2) is 4.30. The van der Waals surface area contributed by atoms with Gasteiger partial charge in [-0.25, -0.2) is 0 Å². The summed E-state index contributed by atoms with van der Waals surface area (Å²) in [5.74, 6) is 1.96. The van der Waals surface area contributed by atoms with Crippen LogP contribution in [0.5, 0.6) is 0 Å². The zero-order chi connectivity index (χ0) is 9.90. The molecule has 1 aliphatic rings. The van der Waals surface area contributed by atoms with Gasteiger partial charge >= 0.3 is 0 Å². The third-order valence-electron chi connectivity index (χ3n) is 4.14. The van der Waals surface area contributed by atoms with E-state index in [1.54, 1.807) is 0 Å². The molecule has 0 aromatic heterocycles. The van der Waals surface area contributed by atoms with E-state index in [0.29, 0.717) is 5.41 Å². The van der Waals surface area contributed by atoms with Gasteiger partial charge in [-0.05, 0) is 36.5 Å². The Morgan fingerprint density at radius 3 is 2.23 bits per heavy atom. The summed E-state index contributed by atoms with van der Waals surface area (Å²) in [6.45, 7) is 9.33. The molecule has 0 amide bonds. The fourth-order valence-electron chi connectivity index (χ4n) is 3.10. The van der Waals surface area contributed by atoms with E-state index in [1.807, 2.05) is 0 Å². The van der Waals surface area contributed by atoms with Crippen LogP contribution in [0.3, 0.4) is 0 Å². The SMILES string of the molecule is CCC=CCC1(CC)C(C)C1CC. The highest BCUT2D eigenvalue weighted by Crippen LogP contribution is 2.64. The molecular weight excluding hydrogens is 156 g/mol. The first kappa shape index (κ1) is 10.8. The molecule has 0 aromatic rings. The molecule has 0 heterocycles. The standard InChI is InChI=1S/C13H24/c1-5-8-9-10-13(7-3)11(4)12(13)6-2/h8-9,11-12H,5-7,10H2,1-4H3. The van der Waals surface area contributed by atoms with Crippen LogP contribution in [0.2, 0.25) is 0 Å². The van der Waals surface area contributed by atoms with Crippen molar-refractivity contribution in [3.05, 3.63) is 12.2 Å². The molecule has 0 radical (unpaired) electrons. The first-order valence-electron chi connectivity index (χ1n) is 5.87. The summed E-state index contributed by atoms with van der Waals surface area (Å²) in [5.41, 5.74) is 0.681. The van der Waals surface area contributed by atoms with Gasteiger partial charge in [-0.2, -0.15) is 0 Å². The smallest absolute Gasteiger partial charge is 0.0206 e. The van der Waals surface area contributed by atoms with E-state index < -0.39 is 0 Å². The Balaban J connectivity index is 2.49. The summed E-state index contributed by atoms with van der Waals surface area (Å²) in [7, 11) is 0. The fraction of sp³-hybridized carbons (Fsp3) is 0.846. The molecule has 1 rings (SSSR count). The molecule has 0 aromatic carbocycles. The molecule has 0 nitrogen and oxygen atoms in total. The summed E-state index contributed by atoms with van der Waals surface area (Å²) >= 11 is 0. The Morgan fingerprint density at radius 1 is 1.15 bits per heavy atom. The minimum atomic E-state index is 0.681. The van der Waals surface area contributed by atoms with E-state index >= 15 is 0 Å². The predicted molar refractivity (Wildman–Crippen MR) is 59.7 cm³/mol. The molecular formula is C13H24. The maximum Gasteiger partial charge on any atom is -0.0206 e. The maximum absolute atomic E-state index is 2.43. The third kappa shape index (κ3) is 1.82. The van der Waals surface area contributed by atoms with Crippen molar-refractivity contribution < 1.29 is 0 Å². The number of hydrogen-bond acceptors (Lipinski definition) is 0. The highest BCUT2D eigenvalue weighted by Gasteiger charge is 2.57. The van der Waals surface area contributed by atoms with E-state index in [9.17, 15) is 0 Å². The van der Waals surface area contributed by atoms with Gasteiger partial charge in [-0.1, -0.05) is 46.3 Å². The van der Waals surface area contributed by atoms with Crippen LogP contribution >= 0.6 is 0 Å². The Hall–Kier alpha value is -0.260. The second-order valence-electron chi connectivity index (χ2n) is 4.47. The number of hydrogen-bond donors (Lipinski definition) is 0. The monoisotopic (exact) mass is 180 g/mol. The molecule has 0 heteroatoms. The van der Waals surface area contributed by atoms with Gasteiger partial charge in [0.15, 0.2) is 0 Å². The van der Waals surface area contributed by atoms with Gasteiger partial charge < -0.3 is 0 Å². The van der Waals surface area contributed by atoms with Crippen LogP contribution in [0, 0.1) is 17.3 Å². The maximum atomic E-state index is 2.43. The van der Waals surface area contributed by atoms with Crippen molar-refractivity contribution in [2.75, 3.05) is 0 Å². The third-order valence-corrected chi connectivity index (χ3v) is 4.14. The lowest BCUT2D eigenvalue weighted by Gasteiger charge is -2.12. The van der Waals surface area contributed by atoms with Crippen molar-refractivity contribution in [3.63, 3.8) is 0 Å². The van der Waals surface area contributed by atoms with Crippen LogP contribution in [0.1, 0.15) is 53.4 Å². The first-order valence-corrected chi connectivity index (χ1v) is 5.87. The van der Waals surface area contributed by atoms with E-state index in [4.69, 9.17) is 0 Å². The summed E-state index contributed by atoms with van der Waals surface area (Å²) in [6.07, 6.45) is 9.95. The largest absolute Gasteiger partial charge is 0.0888 e. The Morgan fingerprint density at radius 2 is 1.85 bits per heavy atom. The molecule has 1 aliphatic carbocycles. The number of rotatable bonds is 5. The zero-order valence-corrected chi connectivity index (χ0v) is 9.64. The molecule has 76 valence electrons. The van der Waals surface area contributed by atoms with E-state index in [1.165, 1.54) is 25.7 Å². The van der Waals surface area contributed by atoms with Crippen molar-refractivity contribution in [2.24, 2.45) is 17.3 Å². The van der Waals surface area contributed by atoms with E-state index in [0.717, 1.165) is 11.8 Å². The molecule has 3 unspecified atom stereocenters. The van der Waals surface area contributed by atoms with Gasteiger partial charge in [0.1, 0.15) is 0 Å². The molecule has 0 N–H and O–H groups in total. The van der Waals surface area contributed by atoms with Gasteiger partial charge in [0, 0.05) is 0 Å². The zero-order valence-electron chi connectivity index (χ0n) is 9.64. The van der Waals surface area contributed by atoms with Crippen molar-refractivity contribution >= 4 is 0 Å². The summed E-state index contributed by atoms with van der Waals surface area (Å²) in [4.78, 5) is 0. The van der Waals surface area contributed by atoms with Crippen molar-refractivity contribution in [3.8, 4) is 0 Å². The van der Waals surface area contributed by atoms with Crippen molar-refractivity contribution in [1.82, 2.24) is 0 Å². The topological polar surface area (TPSA) is 0 Å². The minimum Gasteiger partial charge on any atom is -0.0888 e. The summed E-state index contributed by atoms with van der Waals surface area (Å²) in [6, 6.07) is 0. The highest BCUT2D eigenvalue weighted by molar-refractivity contribution is 5.10. The quantitative estimate of drug-likeness (QED) is 0.550. The molecule has 0 spiro atoms. The molecule has 1 fully saturated rings. The fourth-order valence-corrected chi connectivity index (χ4v) is 3.10. The van der Waals surface area contributed by atoms with Gasteiger partial charge in [0.05, 0.1) is 0 Å². The van der Waals surface area contributed by atoms with Crippen molar-refractivity contribution in [1.29, 1.82) is 0 Å². The van der Waals surface area contributed by atoms with Gasteiger partial charge in [0.2, 0.25) is 0 Å². The Bertz CT molecular complexity index is 180. The average Bonchev–Trinajstić information content (AvgIpc) is 2.72. The van der Waals surface area contributed by atoms with Crippen LogP contribution in [0.25, 0.3) is 0 Å².